The first-order valence-electron chi connectivity index (χ1n) is 9.00. The summed E-state index contributed by atoms with van der Waals surface area (Å²) in [6.07, 6.45) is 0.231. The standard InChI is InChI=1S/C20H22N2O5S/c1-14(15-5-3-2-4-6-15)21-28(26,27)17-7-8-18-16(13-17)11-12-22(18)19(23)9-10-20(24)25/h2-8,13-14,21H,9-12H2,1H3,(H,24,25). The van der Waals surface area contributed by atoms with Crippen molar-refractivity contribution < 1.29 is 23.1 Å². The molecule has 0 saturated carbocycles. The number of nitrogens with zero attached hydrogens (tertiary/aromatic N) is 1. The predicted octanol–water partition coefficient (Wildman–Crippen LogP) is 2.48. The summed E-state index contributed by atoms with van der Waals surface area (Å²) in [5.74, 6) is -1.29. The molecule has 2 aromatic rings. The summed E-state index contributed by atoms with van der Waals surface area (Å²) in [6.45, 7) is 2.20. The van der Waals surface area contributed by atoms with Gasteiger partial charge in [0.05, 0.1) is 11.3 Å². The van der Waals surface area contributed by atoms with Crippen LogP contribution in [0.3, 0.4) is 0 Å². The fraction of sp³-hybridized carbons (Fsp3) is 0.300. The van der Waals surface area contributed by atoms with Crippen molar-refractivity contribution in [3.05, 3.63) is 59.7 Å². The lowest BCUT2D eigenvalue weighted by atomic mass is 10.1. The molecule has 1 heterocycles. The highest BCUT2D eigenvalue weighted by molar-refractivity contribution is 7.89. The van der Waals surface area contributed by atoms with Gasteiger partial charge in [0.1, 0.15) is 0 Å². The van der Waals surface area contributed by atoms with Crippen molar-refractivity contribution >= 4 is 27.6 Å². The third-order valence-electron chi connectivity index (χ3n) is 4.74. The number of hydrogen-bond donors (Lipinski definition) is 2. The van der Waals surface area contributed by atoms with Crippen molar-refractivity contribution in [3.63, 3.8) is 0 Å². The number of amides is 1. The Morgan fingerprint density at radius 3 is 2.54 bits per heavy atom. The van der Waals surface area contributed by atoms with Crippen molar-refractivity contribution in [1.82, 2.24) is 4.72 Å². The predicted molar refractivity (Wildman–Crippen MR) is 105 cm³/mol. The Balaban J connectivity index is 1.76. The summed E-state index contributed by atoms with van der Waals surface area (Å²) in [4.78, 5) is 24.6. The molecule has 148 valence electrons. The molecule has 0 bridgehead atoms. The van der Waals surface area contributed by atoms with Crippen LogP contribution in [0.4, 0.5) is 5.69 Å². The van der Waals surface area contributed by atoms with Crippen LogP contribution in [0.1, 0.15) is 36.9 Å². The summed E-state index contributed by atoms with van der Waals surface area (Å²) in [7, 11) is -3.72. The Hall–Kier alpha value is -2.71. The number of carboxylic acids is 1. The molecule has 0 fully saturated rings. The van der Waals surface area contributed by atoms with E-state index in [0.717, 1.165) is 11.1 Å². The van der Waals surface area contributed by atoms with Crippen LogP contribution in [-0.2, 0) is 26.0 Å². The van der Waals surface area contributed by atoms with E-state index in [-0.39, 0.29) is 29.7 Å². The monoisotopic (exact) mass is 402 g/mol. The highest BCUT2D eigenvalue weighted by atomic mass is 32.2. The number of rotatable bonds is 7. The number of nitrogens with one attached hydrogen (secondary N) is 1. The Kier molecular flexibility index (Phi) is 5.81. The van der Waals surface area contributed by atoms with Gasteiger partial charge in [0.15, 0.2) is 0 Å². The fourth-order valence-corrected chi connectivity index (χ4v) is 4.55. The number of carbonyl (C=O) groups excluding carboxylic acids is 1. The minimum absolute atomic E-state index is 0.0784. The third-order valence-corrected chi connectivity index (χ3v) is 6.28. The lowest BCUT2D eigenvalue weighted by molar-refractivity contribution is -0.138. The van der Waals surface area contributed by atoms with E-state index >= 15 is 0 Å². The highest BCUT2D eigenvalue weighted by Gasteiger charge is 2.27. The smallest absolute Gasteiger partial charge is 0.303 e. The minimum Gasteiger partial charge on any atom is -0.481 e. The van der Waals surface area contributed by atoms with Gasteiger partial charge in [-0.15, -0.1) is 0 Å². The molecule has 8 heteroatoms. The van der Waals surface area contributed by atoms with E-state index in [4.69, 9.17) is 5.11 Å². The van der Waals surface area contributed by atoms with Crippen LogP contribution < -0.4 is 9.62 Å². The number of carbonyl (C=O) groups is 2. The molecule has 0 aromatic heterocycles. The van der Waals surface area contributed by atoms with Gasteiger partial charge in [0, 0.05) is 24.7 Å². The normalized spacial score (nSPS) is 14.5. The first-order chi connectivity index (χ1) is 13.3. The van der Waals surface area contributed by atoms with Crippen molar-refractivity contribution in [3.8, 4) is 0 Å². The van der Waals surface area contributed by atoms with Crippen LogP contribution in [0, 0.1) is 0 Å². The number of anilines is 1. The highest BCUT2D eigenvalue weighted by Crippen LogP contribution is 2.31. The zero-order chi connectivity index (χ0) is 20.3. The molecule has 1 aliphatic rings. The van der Waals surface area contributed by atoms with Crippen LogP contribution in [0.5, 0.6) is 0 Å². The van der Waals surface area contributed by atoms with E-state index in [1.165, 1.54) is 11.0 Å². The second-order valence-electron chi connectivity index (χ2n) is 6.73. The Labute approximate surface area is 164 Å². The van der Waals surface area contributed by atoms with Gasteiger partial charge in [0.2, 0.25) is 15.9 Å². The van der Waals surface area contributed by atoms with E-state index in [2.05, 4.69) is 4.72 Å². The molecule has 0 saturated heterocycles. The number of aliphatic carboxylic acids is 1. The first kappa shape index (κ1) is 20.0. The van der Waals surface area contributed by atoms with Gasteiger partial charge >= 0.3 is 5.97 Å². The number of sulfonamides is 1. The maximum Gasteiger partial charge on any atom is 0.303 e. The molecule has 0 radical (unpaired) electrons. The lowest BCUT2D eigenvalue weighted by Crippen LogP contribution is -2.29. The Morgan fingerprint density at radius 2 is 1.86 bits per heavy atom. The first-order valence-corrected chi connectivity index (χ1v) is 10.5. The molecule has 1 unspecified atom stereocenters. The van der Waals surface area contributed by atoms with Crippen LogP contribution >= 0.6 is 0 Å². The van der Waals surface area contributed by atoms with E-state index in [1.807, 2.05) is 30.3 Å². The molecule has 1 aliphatic heterocycles. The van der Waals surface area contributed by atoms with Gasteiger partial charge in [0.25, 0.3) is 0 Å². The van der Waals surface area contributed by atoms with E-state index in [1.54, 1.807) is 19.1 Å². The van der Waals surface area contributed by atoms with Gasteiger partial charge in [-0.3, -0.25) is 9.59 Å². The zero-order valence-corrected chi connectivity index (χ0v) is 16.3. The number of fused-ring (bicyclic) bond motifs is 1. The van der Waals surface area contributed by atoms with Gasteiger partial charge in [-0.1, -0.05) is 30.3 Å². The molecule has 7 nitrogen and oxygen atoms in total. The van der Waals surface area contributed by atoms with Gasteiger partial charge in [-0.25, -0.2) is 13.1 Å². The molecule has 28 heavy (non-hydrogen) atoms. The molecule has 0 aliphatic carbocycles. The number of hydrogen-bond acceptors (Lipinski definition) is 4. The number of benzene rings is 2. The molecule has 2 N–H and O–H groups in total. The quantitative estimate of drug-likeness (QED) is 0.740. The van der Waals surface area contributed by atoms with Gasteiger partial charge in [-0.05, 0) is 42.7 Å². The minimum atomic E-state index is -3.72. The summed E-state index contributed by atoms with van der Waals surface area (Å²) in [5.41, 5.74) is 2.27. The molecular formula is C20H22N2O5S. The number of carboxylic acid groups (broad SMARTS) is 1. The molecule has 1 amide bonds. The van der Waals surface area contributed by atoms with E-state index < -0.39 is 16.0 Å². The maximum atomic E-state index is 12.8. The van der Waals surface area contributed by atoms with Gasteiger partial charge < -0.3 is 10.0 Å². The van der Waals surface area contributed by atoms with Crippen LogP contribution in [0.2, 0.25) is 0 Å². The summed E-state index contributed by atoms with van der Waals surface area (Å²) in [5, 5.41) is 8.74. The van der Waals surface area contributed by atoms with Crippen molar-refractivity contribution in [2.45, 2.75) is 37.1 Å². The third kappa shape index (κ3) is 4.40. The lowest BCUT2D eigenvalue weighted by Gasteiger charge is -2.18. The Morgan fingerprint density at radius 1 is 1.14 bits per heavy atom. The van der Waals surface area contributed by atoms with Crippen LogP contribution in [-0.4, -0.2) is 31.9 Å². The molecule has 3 rings (SSSR count). The van der Waals surface area contributed by atoms with Crippen molar-refractivity contribution in [2.75, 3.05) is 11.4 Å². The molecule has 1 atom stereocenters. The SMILES string of the molecule is CC(NS(=O)(=O)c1ccc2c(c1)CCN2C(=O)CCC(=O)O)c1ccccc1. The summed E-state index contributed by atoms with van der Waals surface area (Å²) >= 11 is 0. The van der Waals surface area contributed by atoms with Crippen LogP contribution in [0.25, 0.3) is 0 Å². The molecule has 0 spiro atoms. The zero-order valence-electron chi connectivity index (χ0n) is 15.5. The summed E-state index contributed by atoms with van der Waals surface area (Å²) < 4.78 is 28.2. The van der Waals surface area contributed by atoms with Crippen LogP contribution in [0.15, 0.2) is 53.4 Å². The van der Waals surface area contributed by atoms with Gasteiger partial charge in [-0.2, -0.15) is 0 Å². The van der Waals surface area contributed by atoms with Crippen molar-refractivity contribution in [2.24, 2.45) is 0 Å². The maximum absolute atomic E-state index is 12.8. The van der Waals surface area contributed by atoms with E-state index in [9.17, 15) is 18.0 Å². The van der Waals surface area contributed by atoms with E-state index in [0.29, 0.717) is 18.7 Å². The fourth-order valence-electron chi connectivity index (χ4n) is 3.26. The van der Waals surface area contributed by atoms with Crippen molar-refractivity contribution in [1.29, 1.82) is 0 Å². The second kappa shape index (κ2) is 8.12. The summed E-state index contributed by atoms with van der Waals surface area (Å²) in [6, 6.07) is 13.6. The topological polar surface area (TPSA) is 104 Å². The largest absolute Gasteiger partial charge is 0.481 e. The Bertz CT molecular complexity index is 989. The average Bonchev–Trinajstić information content (AvgIpc) is 3.09. The molecular weight excluding hydrogens is 380 g/mol. The average molecular weight is 402 g/mol. The second-order valence-corrected chi connectivity index (χ2v) is 8.45. The molecule has 2 aromatic carbocycles.